The molecule has 4 saturated carbocycles. The fourth-order valence-electron chi connectivity index (χ4n) is 6.27. The molecule has 188 valence electrons. The maximum atomic E-state index is 14.1. The first-order valence-electron chi connectivity index (χ1n) is 11.4. The highest BCUT2D eigenvalue weighted by Gasteiger charge is 2.75. The van der Waals surface area contributed by atoms with Crippen LogP contribution in [0.15, 0.2) is 12.2 Å². The van der Waals surface area contributed by atoms with E-state index in [-0.39, 0.29) is 55.4 Å². The molecular weight excluding hydrogens is 454 g/mol. The minimum Gasteiger partial charge on any atom is -0.459 e. The number of hydrogen-bond acceptors (Lipinski definition) is 4. The first kappa shape index (κ1) is 25.9. The molecule has 0 aromatic carbocycles. The molecule has 0 heterocycles. The van der Waals surface area contributed by atoms with Crippen LogP contribution in [0.4, 0.5) is 26.3 Å². The molecule has 4 rings (SSSR count). The SMILES string of the molecule is C=C(C)C(=O)OC(CCC)CC(OC(=O)C12CC3CC(CC(C3)C1)C2)(C(F)(F)F)C(F)(F)F. The lowest BCUT2D eigenvalue weighted by Gasteiger charge is -2.55. The van der Waals surface area contributed by atoms with Gasteiger partial charge in [-0.15, -0.1) is 0 Å². The predicted octanol–water partition coefficient (Wildman–Crippen LogP) is 6.29. The number of carbonyl (C=O) groups is 2. The Bertz CT molecular complexity index is 736. The molecule has 0 spiro atoms. The Morgan fingerprint density at radius 2 is 1.42 bits per heavy atom. The van der Waals surface area contributed by atoms with Crippen molar-refractivity contribution in [3.8, 4) is 0 Å². The second-order valence-corrected chi connectivity index (χ2v) is 10.2. The van der Waals surface area contributed by atoms with Crippen molar-refractivity contribution in [3.05, 3.63) is 12.2 Å². The lowest BCUT2D eigenvalue weighted by Crippen LogP contribution is -2.63. The number of rotatable bonds is 8. The van der Waals surface area contributed by atoms with E-state index in [0.717, 1.165) is 19.3 Å². The van der Waals surface area contributed by atoms with Crippen LogP contribution in [0.25, 0.3) is 0 Å². The Labute approximate surface area is 189 Å². The summed E-state index contributed by atoms with van der Waals surface area (Å²) in [6.45, 7) is 6.08. The third-order valence-corrected chi connectivity index (χ3v) is 7.40. The van der Waals surface area contributed by atoms with E-state index in [4.69, 9.17) is 4.74 Å². The van der Waals surface area contributed by atoms with Crippen LogP contribution in [0.1, 0.15) is 71.6 Å². The molecule has 4 aliphatic rings. The van der Waals surface area contributed by atoms with E-state index in [2.05, 4.69) is 11.3 Å². The Kier molecular flexibility index (Phi) is 6.90. The number of ether oxygens (including phenoxy) is 2. The summed E-state index contributed by atoms with van der Waals surface area (Å²) in [6, 6.07) is 0. The summed E-state index contributed by atoms with van der Waals surface area (Å²) >= 11 is 0. The van der Waals surface area contributed by atoms with Gasteiger partial charge in [0.15, 0.2) is 0 Å². The molecule has 0 radical (unpaired) electrons. The van der Waals surface area contributed by atoms with E-state index in [1.165, 1.54) is 13.8 Å². The minimum absolute atomic E-state index is 0.124. The Hall–Kier alpha value is -1.74. The van der Waals surface area contributed by atoms with Crippen molar-refractivity contribution in [2.75, 3.05) is 0 Å². The zero-order chi connectivity index (χ0) is 24.8. The fourth-order valence-corrected chi connectivity index (χ4v) is 6.27. The van der Waals surface area contributed by atoms with E-state index in [0.29, 0.717) is 0 Å². The highest BCUT2D eigenvalue weighted by molar-refractivity contribution is 5.87. The number of hydrogen-bond donors (Lipinski definition) is 0. The molecule has 0 amide bonds. The molecule has 4 fully saturated rings. The van der Waals surface area contributed by atoms with Gasteiger partial charge in [-0.05, 0) is 69.6 Å². The third-order valence-electron chi connectivity index (χ3n) is 7.40. The van der Waals surface area contributed by atoms with Gasteiger partial charge in [0.2, 0.25) is 0 Å². The van der Waals surface area contributed by atoms with Gasteiger partial charge in [0.1, 0.15) is 6.10 Å². The van der Waals surface area contributed by atoms with E-state index in [1.807, 2.05) is 0 Å². The van der Waals surface area contributed by atoms with E-state index < -0.39 is 47.8 Å². The van der Waals surface area contributed by atoms with Gasteiger partial charge < -0.3 is 9.47 Å². The molecule has 4 aliphatic carbocycles. The zero-order valence-corrected chi connectivity index (χ0v) is 18.8. The summed E-state index contributed by atoms with van der Waals surface area (Å²) in [5.41, 5.74) is -6.24. The van der Waals surface area contributed by atoms with Crippen LogP contribution < -0.4 is 0 Å². The summed E-state index contributed by atoms with van der Waals surface area (Å²) in [6.07, 6.45) is -12.2. The van der Waals surface area contributed by atoms with Crippen molar-refractivity contribution in [2.24, 2.45) is 23.2 Å². The van der Waals surface area contributed by atoms with E-state index in [9.17, 15) is 35.9 Å². The summed E-state index contributed by atoms with van der Waals surface area (Å²) in [5, 5.41) is 0. The molecule has 0 N–H and O–H groups in total. The number of carbonyl (C=O) groups excluding carboxylic acids is 2. The topological polar surface area (TPSA) is 52.6 Å². The van der Waals surface area contributed by atoms with Gasteiger partial charge in [0.05, 0.1) is 5.41 Å². The minimum atomic E-state index is -5.95. The largest absolute Gasteiger partial charge is 0.459 e. The number of alkyl halides is 6. The third kappa shape index (κ3) is 4.90. The van der Waals surface area contributed by atoms with E-state index in [1.54, 1.807) is 0 Å². The fraction of sp³-hybridized carbons (Fsp3) is 0.826. The first-order valence-corrected chi connectivity index (χ1v) is 11.4. The van der Waals surface area contributed by atoms with Gasteiger partial charge >= 0.3 is 29.9 Å². The molecule has 4 bridgehead atoms. The Balaban J connectivity index is 1.94. The highest BCUT2D eigenvalue weighted by atomic mass is 19.4. The monoisotopic (exact) mass is 484 g/mol. The summed E-state index contributed by atoms with van der Waals surface area (Å²) in [4.78, 5) is 25.0. The smallest absolute Gasteiger partial charge is 0.437 e. The molecule has 0 aromatic heterocycles. The maximum absolute atomic E-state index is 14.1. The molecule has 0 aromatic rings. The van der Waals surface area contributed by atoms with Crippen LogP contribution in [0.3, 0.4) is 0 Å². The van der Waals surface area contributed by atoms with Gasteiger partial charge in [-0.2, -0.15) is 26.3 Å². The molecule has 1 atom stereocenters. The van der Waals surface area contributed by atoms with Crippen LogP contribution in [0.5, 0.6) is 0 Å². The summed E-state index contributed by atoms with van der Waals surface area (Å²) < 4.78 is 94.3. The van der Waals surface area contributed by atoms with E-state index >= 15 is 0 Å². The molecule has 33 heavy (non-hydrogen) atoms. The number of esters is 2. The van der Waals surface area contributed by atoms with Crippen molar-refractivity contribution in [3.63, 3.8) is 0 Å². The average molecular weight is 484 g/mol. The first-order chi connectivity index (χ1) is 15.1. The van der Waals surface area contributed by atoms with Crippen molar-refractivity contribution in [1.29, 1.82) is 0 Å². The van der Waals surface area contributed by atoms with Crippen LogP contribution in [0.2, 0.25) is 0 Å². The Morgan fingerprint density at radius 1 is 0.970 bits per heavy atom. The molecule has 0 saturated heterocycles. The standard InChI is InChI=1S/C23H30F6O4/c1-4-5-17(32-18(30)13(2)3)12-21(22(24,25)26,23(27,28)29)33-19(31)20-9-14-6-15(10-20)8-16(7-14)11-20/h14-17H,2,4-12H2,1,3H3. The van der Waals surface area contributed by atoms with Gasteiger partial charge in [-0.1, -0.05) is 19.9 Å². The lowest BCUT2D eigenvalue weighted by molar-refractivity contribution is -0.378. The second-order valence-electron chi connectivity index (χ2n) is 10.2. The zero-order valence-electron chi connectivity index (χ0n) is 18.8. The summed E-state index contributed by atoms with van der Waals surface area (Å²) in [7, 11) is 0. The van der Waals surface area contributed by atoms with Crippen molar-refractivity contribution in [1.82, 2.24) is 0 Å². The van der Waals surface area contributed by atoms with Gasteiger partial charge in [-0.3, -0.25) is 4.79 Å². The Morgan fingerprint density at radius 3 is 1.79 bits per heavy atom. The van der Waals surface area contributed by atoms with Crippen molar-refractivity contribution < 1.29 is 45.4 Å². The maximum Gasteiger partial charge on any atom is 0.437 e. The van der Waals surface area contributed by atoms with Gasteiger partial charge in [-0.25, -0.2) is 4.79 Å². The normalized spacial score (nSPS) is 30.1. The highest BCUT2D eigenvalue weighted by Crippen LogP contribution is 2.61. The molecule has 10 heteroatoms. The van der Waals surface area contributed by atoms with Crippen LogP contribution in [0, 0.1) is 23.2 Å². The molecule has 0 aliphatic heterocycles. The van der Waals surface area contributed by atoms with Crippen LogP contribution in [-0.4, -0.2) is 36.0 Å². The van der Waals surface area contributed by atoms with Gasteiger partial charge in [0, 0.05) is 12.0 Å². The van der Waals surface area contributed by atoms with Gasteiger partial charge in [0.25, 0.3) is 0 Å². The van der Waals surface area contributed by atoms with Crippen LogP contribution in [-0.2, 0) is 19.1 Å². The second kappa shape index (κ2) is 8.80. The lowest BCUT2D eigenvalue weighted by atomic mass is 9.49. The average Bonchev–Trinajstić information content (AvgIpc) is 2.64. The molecule has 1 unspecified atom stereocenters. The predicted molar refractivity (Wildman–Crippen MR) is 106 cm³/mol. The van der Waals surface area contributed by atoms with Crippen molar-refractivity contribution >= 4 is 11.9 Å². The summed E-state index contributed by atoms with van der Waals surface area (Å²) in [5.74, 6) is -2.16. The van der Waals surface area contributed by atoms with Crippen molar-refractivity contribution in [2.45, 2.75) is 95.7 Å². The van der Waals surface area contributed by atoms with Crippen LogP contribution >= 0.6 is 0 Å². The molecular formula is C23H30F6O4. The quantitative estimate of drug-likeness (QED) is 0.231. The molecule has 4 nitrogen and oxygen atoms in total. The number of halogens is 6.